The Morgan fingerprint density at radius 1 is 1.29 bits per heavy atom. The van der Waals surface area contributed by atoms with Gasteiger partial charge in [0.15, 0.2) is 0 Å². The fourth-order valence-electron chi connectivity index (χ4n) is 3.03. The van der Waals surface area contributed by atoms with Crippen LogP contribution in [0, 0.1) is 0 Å². The molecule has 0 aromatic rings. The second-order valence-electron chi connectivity index (χ2n) is 4.70. The van der Waals surface area contributed by atoms with Crippen molar-refractivity contribution < 1.29 is 0 Å². The SMILES string of the molecule is C=CCN1CCNCC12CCCCC2. The van der Waals surface area contributed by atoms with Crippen molar-refractivity contribution >= 4 is 0 Å². The summed E-state index contributed by atoms with van der Waals surface area (Å²) < 4.78 is 0. The third-order valence-electron chi connectivity index (χ3n) is 3.82. The van der Waals surface area contributed by atoms with E-state index in [1.54, 1.807) is 0 Å². The van der Waals surface area contributed by atoms with Crippen molar-refractivity contribution in [2.75, 3.05) is 26.2 Å². The molecule has 0 aromatic carbocycles. The van der Waals surface area contributed by atoms with Gasteiger partial charge in [-0.25, -0.2) is 0 Å². The predicted octanol–water partition coefficient (Wildman–Crippen LogP) is 1.78. The fraction of sp³-hybridized carbons (Fsp3) is 0.833. The van der Waals surface area contributed by atoms with Crippen molar-refractivity contribution in [3.8, 4) is 0 Å². The first-order valence-corrected chi connectivity index (χ1v) is 5.94. The van der Waals surface area contributed by atoms with Crippen LogP contribution in [0.2, 0.25) is 0 Å². The third-order valence-corrected chi connectivity index (χ3v) is 3.82. The topological polar surface area (TPSA) is 15.3 Å². The second-order valence-corrected chi connectivity index (χ2v) is 4.70. The van der Waals surface area contributed by atoms with Gasteiger partial charge in [-0.1, -0.05) is 25.3 Å². The summed E-state index contributed by atoms with van der Waals surface area (Å²) in [6.45, 7) is 8.49. The van der Waals surface area contributed by atoms with E-state index >= 15 is 0 Å². The van der Waals surface area contributed by atoms with Gasteiger partial charge in [-0.3, -0.25) is 4.90 Å². The molecule has 1 aliphatic heterocycles. The monoisotopic (exact) mass is 194 g/mol. The molecular formula is C12H22N2. The first-order chi connectivity index (χ1) is 6.87. The van der Waals surface area contributed by atoms with E-state index in [4.69, 9.17) is 0 Å². The van der Waals surface area contributed by atoms with E-state index in [0.29, 0.717) is 5.54 Å². The van der Waals surface area contributed by atoms with Crippen LogP contribution in [0.4, 0.5) is 0 Å². The van der Waals surface area contributed by atoms with Gasteiger partial charge in [0, 0.05) is 31.7 Å². The first kappa shape index (κ1) is 10.2. The summed E-state index contributed by atoms with van der Waals surface area (Å²) >= 11 is 0. The van der Waals surface area contributed by atoms with Gasteiger partial charge < -0.3 is 5.32 Å². The van der Waals surface area contributed by atoms with E-state index in [9.17, 15) is 0 Å². The van der Waals surface area contributed by atoms with Gasteiger partial charge in [0.05, 0.1) is 0 Å². The summed E-state index contributed by atoms with van der Waals surface area (Å²) in [5.74, 6) is 0. The maximum Gasteiger partial charge on any atom is 0.0337 e. The summed E-state index contributed by atoms with van der Waals surface area (Å²) in [5.41, 5.74) is 0.477. The number of nitrogens with one attached hydrogen (secondary N) is 1. The lowest BCUT2D eigenvalue weighted by molar-refractivity contribution is 0.0379. The standard InChI is InChI=1S/C12H22N2/c1-2-9-14-10-8-13-11-12(14)6-4-3-5-7-12/h2,13H,1,3-11H2. The highest BCUT2D eigenvalue weighted by Gasteiger charge is 2.38. The molecule has 0 bridgehead atoms. The van der Waals surface area contributed by atoms with Crippen LogP contribution in [0.25, 0.3) is 0 Å². The molecule has 0 unspecified atom stereocenters. The van der Waals surface area contributed by atoms with Crippen LogP contribution in [-0.4, -0.2) is 36.6 Å². The Morgan fingerprint density at radius 2 is 2.07 bits per heavy atom. The Bertz CT molecular complexity index is 186. The third kappa shape index (κ3) is 1.86. The molecule has 1 N–H and O–H groups in total. The largest absolute Gasteiger partial charge is 0.314 e. The van der Waals surface area contributed by atoms with E-state index in [2.05, 4.69) is 22.9 Å². The fourth-order valence-corrected chi connectivity index (χ4v) is 3.03. The quantitative estimate of drug-likeness (QED) is 0.674. The van der Waals surface area contributed by atoms with Crippen LogP contribution >= 0.6 is 0 Å². The summed E-state index contributed by atoms with van der Waals surface area (Å²) in [6.07, 6.45) is 9.08. The molecular weight excluding hydrogens is 172 g/mol. The maximum atomic E-state index is 3.87. The van der Waals surface area contributed by atoms with Crippen LogP contribution in [0.1, 0.15) is 32.1 Å². The summed E-state index contributed by atoms with van der Waals surface area (Å²) in [6, 6.07) is 0. The molecule has 2 heteroatoms. The molecule has 1 saturated carbocycles. The van der Waals surface area contributed by atoms with Crippen LogP contribution in [-0.2, 0) is 0 Å². The Kier molecular flexibility index (Phi) is 3.24. The normalized spacial score (nSPS) is 27.7. The number of hydrogen-bond donors (Lipinski definition) is 1. The summed E-state index contributed by atoms with van der Waals surface area (Å²) in [4.78, 5) is 2.65. The molecule has 1 heterocycles. The average Bonchev–Trinajstić information content (AvgIpc) is 2.23. The smallest absolute Gasteiger partial charge is 0.0337 e. The minimum absolute atomic E-state index is 0.477. The van der Waals surface area contributed by atoms with E-state index in [1.165, 1.54) is 45.2 Å². The molecule has 14 heavy (non-hydrogen) atoms. The highest BCUT2D eigenvalue weighted by atomic mass is 15.3. The lowest BCUT2D eigenvalue weighted by atomic mass is 9.79. The Hall–Kier alpha value is -0.340. The van der Waals surface area contributed by atoms with Crippen LogP contribution in [0.5, 0.6) is 0 Å². The number of hydrogen-bond acceptors (Lipinski definition) is 2. The molecule has 1 saturated heterocycles. The van der Waals surface area contributed by atoms with Crippen molar-refractivity contribution in [2.45, 2.75) is 37.6 Å². The summed E-state index contributed by atoms with van der Waals surface area (Å²) in [7, 11) is 0. The molecule has 1 spiro atoms. The van der Waals surface area contributed by atoms with Crippen LogP contribution in [0.15, 0.2) is 12.7 Å². The van der Waals surface area contributed by atoms with Gasteiger partial charge in [0.2, 0.25) is 0 Å². The zero-order valence-electron chi connectivity index (χ0n) is 9.10. The molecule has 2 aliphatic rings. The molecule has 80 valence electrons. The van der Waals surface area contributed by atoms with Gasteiger partial charge in [-0.15, -0.1) is 6.58 Å². The van der Waals surface area contributed by atoms with Crippen molar-refractivity contribution in [3.63, 3.8) is 0 Å². The van der Waals surface area contributed by atoms with Crippen molar-refractivity contribution in [2.24, 2.45) is 0 Å². The average molecular weight is 194 g/mol. The second kappa shape index (κ2) is 4.45. The van der Waals surface area contributed by atoms with E-state index < -0.39 is 0 Å². The minimum atomic E-state index is 0.477. The van der Waals surface area contributed by atoms with Crippen molar-refractivity contribution in [1.29, 1.82) is 0 Å². The Labute approximate surface area is 87.4 Å². The number of rotatable bonds is 2. The van der Waals surface area contributed by atoms with Gasteiger partial charge in [0.25, 0.3) is 0 Å². The summed E-state index contributed by atoms with van der Waals surface area (Å²) in [5, 5.41) is 3.56. The Balaban J connectivity index is 2.06. The van der Waals surface area contributed by atoms with Gasteiger partial charge in [-0.2, -0.15) is 0 Å². The van der Waals surface area contributed by atoms with Gasteiger partial charge in [-0.05, 0) is 12.8 Å². The lowest BCUT2D eigenvalue weighted by Crippen LogP contribution is -2.61. The molecule has 0 amide bonds. The van der Waals surface area contributed by atoms with Crippen molar-refractivity contribution in [1.82, 2.24) is 10.2 Å². The first-order valence-electron chi connectivity index (χ1n) is 5.94. The Morgan fingerprint density at radius 3 is 2.79 bits per heavy atom. The molecule has 2 fully saturated rings. The van der Waals surface area contributed by atoms with Gasteiger partial charge in [0.1, 0.15) is 0 Å². The van der Waals surface area contributed by atoms with Gasteiger partial charge >= 0.3 is 0 Å². The van der Waals surface area contributed by atoms with Crippen molar-refractivity contribution in [3.05, 3.63) is 12.7 Å². The van der Waals surface area contributed by atoms with E-state index in [0.717, 1.165) is 13.1 Å². The molecule has 0 radical (unpaired) electrons. The minimum Gasteiger partial charge on any atom is -0.314 e. The molecule has 1 aliphatic carbocycles. The zero-order valence-corrected chi connectivity index (χ0v) is 9.10. The van der Waals surface area contributed by atoms with Crippen LogP contribution < -0.4 is 5.32 Å². The molecule has 0 aromatic heterocycles. The highest BCUT2D eigenvalue weighted by Crippen LogP contribution is 2.34. The highest BCUT2D eigenvalue weighted by molar-refractivity contribution is 4.99. The number of nitrogens with zero attached hydrogens (tertiary/aromatic N) is 1. The number of piperazine rings is 1. The van der Waals surface area contributed by atoms with E-state index in [1.807, 2.05) is 0 Å². The zero-order chi connectivity index (χ0) is 9.86. The molecule has 2 rings (SSSR count). The maximum absolute atomic E-state index is 3.87. The molecule has 0 atom stereocenters. The van der Waals surface area contributed by atoms with E-state index in [-0.39, 0.29) is 0 Å². The van der Waals surface area contributed by atoms with Crippen LogP contribution in [0.3, 0.4) is 0 Å². The molecule has 2 nitrogen and oxygen atoms in total. The predicted molar refractivity (Wildman–Crippen MR) is 60.5 cm³/mol. The lowest BCUT2D eigenvalue weighted by Gasteiger charge is -2.49.